The van der Waals surface area contributed by atoms with Crippen LogP contribution in [0.3, 0.4) is 0 Å². The fourth-order valence-corrected chi connectivity index (χ4v) is 8.95. The Labute approximate surface area is 333 Å². The molecule has 0 radical (unpaired) electrons. The minimum absolute atomic E-state index is 0. The first-order chi connectivity index (χ1) is 26.9. The second-order valence-corrected chi connectivity index (χ2v) is 17.4. The van der Waals surface area contributed by atoms with Gasteiger partial charge in [-0.05, 0) is 61.5 Å². The second kappa shape index (κ2) is 18.2. The van der Waals surface area contributed by atoms with Crippen molar-refractivity contribution < 1.29 is 25.7 Å². The molecule has 13 nitrogen and oxygen atoms in total. The Morgan fingerprint density at radius 3 is 2.14 bits per heavy atom. The molecule has 1 aromatic carbocycles. The lowest BCUT2D eigenvalue weighted by Gasteiger charge is -2.50. The summed E-state index contributed by atoms with van der Waals surface area (Å²) in [7, 11) is 0. The Bertz CT molecular complexity index is 1760. The summed E-state index contributed by atoms with van der Waals surface area (Å²) in [6.07, 6.45) is 18.3. The molecule has 1 spiro atoms. The van der Waals surface area contributed by atoms with E-state index in [0.29, 0.717) is 62.6 Å². The van der Waals surface area contributed by atoms with E-state index in [-0.39, 0.29) is 31.1 Å². The highest BCUT2D eigenvalue weighted by molar-refractivity contribution is 5.95. The van der Waals surface area contributed by atoms with Gasteiger partial charge in [-0.15, -0.1) is 0 Å². The van der Waals surface area contributed by atoms with Crippen molar-refractivity contribution >= 4 is 23.6 Å². The number of rotatable bonds is 9. The van der Waals surface area contributed by atoms with Crippen molar-refractivity contribution in [3.05, 3.63) is 72.3 Å². The zero-order chi connectivity index (χ0) is 39.9. The zero-order valence-corrected chi connectivity index (χ0v) is 33.6. The zero-order valence-electron chi connectivity index (χ0n) is 33.6. The van der Waals surface area contributed by atoms with E-state index in [9.17, 15) is 19.2 Å². The number of aromatic nitrogens is 4. The van der Waals surface area contributed by atoms with Crippen LogP contribution in [0.15, 0.2) is 61.2 Å². The number of aliphatic hydroxyl groups is 1. The van der Waals surface area contributed by atoms with Crippen LogP contribution in [0.5, 0.6) is 0 Å². The van der Waals surface area contributed by atoms with Crippen LogP contribution >= 0.6 is 0 Å². The Balaban J connectivity index is 0.000000205. The van der Waals surface area contributed by atoms with Gasteiger partial charge in [-0.3, -0.25) is 28.5 Å². The maximum Gasteiger partial charge on any atom is 0.257 e. The molecular weight excluding hydrogens is 709 g/mol. The summed E-state index contributed by atoms with van der Waals surface area (Å²) >= 11 is 0. The molecule has 2 atom stereocenters. The normalized spacial score (nSPS) is 22.7. The molecule has 3 aromatic rings. The lowest BCUT2D eigenvalue weighted by atomic mass is 9.71. The van der Waals surface area contributed by atoms with Crippen LogP contribution in [0.1, 0.15) is 108 Å². The fraction of sp³-hybridized carbons (Fsp3) is 0.628. The van der Waals surface area contributed by atoms with Gasteiger partial charge in [0.2, 0.25) is 17.7 Å². The molecule has 4 amide bonds. The third-order valence-electron chi connectivity index (χ3n) is 12.6. The molecule has 2 aromatic heterocycles. The van der Waals surface area contributed by atoms with E-state index in [2.05, 4.69) is 24.0 Å². The summed E-state index contributed by atoms with van der Waals surface area (Å²) < 4.78 is 3.75. The van der Waals surface area contributed by atoms with Crippen LogP contribution in [0.2, 0.25) is 0 Å². The Morgan fingerprint density at radius 1 is 0.893 bits per heavy atom. The Morgan fingerprint density at radius 2 is 1.57 bits per heavy atom. The van der Waals surface area contributed by atoms with Crippen molar-refractivity contribution in [2.75, 3.05) is 45.9 Å². The summed E-state index contributed by atoms with van der Waals surface area (Å²) in [5.41, 5.74) is 6.94. The van der Waals surface area contributed by atoms with Gasteiger partial charge < -0.3 is 25.5 Å². The smallest absolute Gasteiger partial charge is 0.257 e. The summed E-state index contributed by atoms with van der Waals surface area (Å²) in [4.78, 5) is 55.3. The second-order valence-electron chi connectivity index (χ2n) is 17.4. The van der Waals surface area contributed by atoms with E-state index in [1.54, 1.807) is 22.0 Å². The molecule has 3 N–H and O–H groups in total. The quantitative estimate of drug-likeness (QED) is 0.309. The Hall–Kier alpha value is -4.52. The number of nitrogens with zero attached hydrogens (tertiary/aromatic N) is 7. The van der Waals surface area contributed by atoms with E-state index in [1.165, 1.54) is 32.1 Å². The largest absolute Gasteiger partial charge is 0.396 e. The molecule has 3 aliphatic heterocycles. The highest BCUT2D eigenvalue weighted by Crippen LogP contribution is 2.54. The molecule has 0 unspecified atom stereocenters. The molecule has 2 saturated carbocycles. The summed E-state index contributed by atoms with van der Waals surface area (Å²) in [6.45, 7) is 10.7. The van der Waals surface area contributed by atoms with Crippen molar-refractivity contribution in [3.63, 3.8) is 0 Å². The number of benzene rings is 1. The number of amides is 4. The predicted molar refractivity (Wildman–Crippen MR) is 215 cm³/mol. The van der Waals surface area contributed by atoms with Crippen LogP contribution in [0.25, 0.3) is 0 Å². The van der Waals surface area contributed by atoms with Gasteiger partial charge in [-0.1, -0.05) is 70.4 Å². The fourth-order valence-electron chi connectivity index (χ4n) is 8.95. The van der Waals surface area contributed by atoms with Crippen LogP contribution in [0, 0.1) is 28.6 Å². The first kappa shape index (κ1) is 41.1. The average Bonchev–Trinajstić information content (AvgIpc) is 3.72. The van der Waals surface area contributed by atoms with E-state index in [4.69, 9.17) is 10.8 Å². The summed E-state index contributed by atoms with van der Waals surface area (Å²) in [6, 6.07) is 12.3. The van der Waals surface area contributed by atoms with Gasteiger partial charge in [-0.25, -0.2) is 0 Å². The van der Waals surface area contributed by atoms with Crippen molar-refractivity contribution in [2.45, 2.75) is 97.6 Å². The molecule has 2 aliphatic carbocycles. The molecule has 8 rings (SSSR count). The first-order valence-electron chi connectivity index (χ1n) is 20.7. The first-order valence-corrected chi connectivity index (χ1v) is 20.7. The molecule has 5 aliphatic rings. The standard InChI is InChI=1S/C24H29N5O3.C12H19N3O.C7H14O.H2/c1-23(2)8-18(23)22(32)28-14-24(15-28)13-27(12-19(24)20(25)30)21(31)17-9-26-29(11-17)10-16-6-4-3-5-7-16;1-2-4-12(16)14-9-5-11(6-10-14)15-8-3-7-13-15;8-6-7-4-2-1-3-5-7;/h3-7,9,11,18-19H,8,10,12-15H2,1-2H3,(H2,25,30);3,7-8,11H,2,4-6,9-10H2,1H3;7-8H,1-6H2;1H/t18-,19+;;;/m1.../s1. The van der Waals surface area contributed by atoms with Gasteiger partial charge in [0.15, 0.2) is 0 Å². The third kappa shape index (κ3) is 9.88. The number of likely N-dealkylation sites (tertiary alicyclic amines) is 3. The minimum atomic E-state index is -0.443. The molecule has 5 heterocycles. The van der Waals surface area contributed by atoms with Gasteiger partial charge >= 0.3 is 0 Å². The highest BCUT2D eigenvalue weighted by Gasteiger charge is 2.61. The van der Waals surface area contributed by atoms with E-state index < -0.39 is 17.2 Å². The average molecular weight is 773 g/mol. The molecule has 5 fully saturated rings. The van der Waals surface area contributed by atoms with Crippen LogP contribution in [-0.2, 0) is 20.9 Å². The molecule has 0 bridgehead atoms. The van der Waals surface area contributed by atoms with E-state index in [0.717, 1.165) is 44.3 Å². The number of aliphatic hydroxyl groups excluding tert-OH is 1. The van der Waals surface area contributed by atoms with Crippen LogP contribution < -0.4 is 5.73 Å². The maximum atomic E-state index is 13.2. The molecule has 13 heteroatoms. The monoisotopic (exact) mass is 772 g/mol. The third-order valence-corrected chi connectivity index (χ3v) is 12.6. The topological polar surface area (TPSA) is 160 Å². The van der Waals surface area contributed by atoms with Crippen molar-refractivity contribution in [1.82, 2.24) is 34.3 Å². The molecule has 3 saturated heterocycles. The number of carbonyl (C=O) groups is 4. The number of carbonyl (C=O) groups excluding carboxylic acids is 4. The maximum absolute atomic E-state index is 13.2. The van der Waals surface area contributed by atoms with E-state index in [1.807, 2.05) is 70.2 Å². The highest BCUT2D eigenvalue weighted by atomic mass is 16.3. The van der Waals surface area contributed by atoms with E-state index >= 15 is 0 Å². The number of hydrogen-bond acceptors (Lipinski definition) is 7. The van der Waals surface area contributed by atoms with Crippen molar-refractivity contribution in [3.8, 4) is 0 Å². The molecule has 56 heavy (non-hydrogen) atoms. The van der Waals surface area contributed by atoms with Gasteiger partial charge in [0.1, 0.15) is 0 Å². The Kier molecular flexibility index (Phi) is 13.3. The van der Waals surface area contributed by atoms with Crippen LogP contribution in [-0.4, -0.2) is 109 Å². The minimum Gasteiger partial charge on any atom is -0.396 e. The number of hydrogen-bond donors (Lipinski definition) is 2. The number of piperidine rings is 1. The summed E-state index contributed by atoms with van der Waals surface area (Å²) in [5.74, 6) is 0.184. The number of nitrogens with two attached hydrogens (primary N) is 1. The SMILES string of the molecule is CC1(C)C[C@@H]1C(=O)N1CC2(CN(C(=O)c3cnn(Cc4ccccc4)c3)C[C@H]2C(N)=O)C1.CCCC(=O)N1CCC(n2cccn2)CC1.OCC1CCCCC1.[HH]. The van der Waals surface area contributed by atoms with Crippen molar-refractivity contribution in [2.24, 2.45) is 34.3 Å². The van der Waals surface area contributed by atoms with Crippen molar-refractivity contribution in [1.29, 1.82) is 0 Å². The van der Waals surface area contributed by atoms with Gasteiger partial charge in [0, 0.05) is 83.6 Å². The predicted octanol–water partition coefficient (Wildman–Crippen LogP) is 5.02. The van der Waals surface area contributed by atoms with Gasteiger partial charge in [0.25, 0.3) is 5.91 Å². The van der Waals surface area contributed by atoms with Crippen LogP contribution in [0.4, 0.5) is 0 Å². The lowest BCUT2D eigenvalue weighted by molar-refractivity contribution is -0.150. The van der Waals surface area contributed by atoms with Gasteiger partial charge in [0.05, 0.1) is 30.3 Å². The number of primary amides is 1. The molecular formula is C43H64N8O5. The van der Waals surface area contributed by atoms with Gasteiger partial charge in [-0.2, -0.15) is 10.2 Å². The molecule has 306 valence electrons. The lowest BCUT2D eigenvalue weighted by Crippen LogP contribution is -2.64. The summed E-state index contributed by atoms with van der Waals surface area (Å²) in [5, 5.41) is 17.3.